The van der Waals surface area contributed by atoms with Gasteiger partial charge in [-0.15, -0.1) is 0 Å². The van der Waals surface area contributed by atoms with Crippen LogP contribution in [-0.2, 0) is 16.5 Å². The summed E-state index contributed by atoms with van der Waals surface area (Å²) in [6, 6.07) is 20.6. The molecule has 0 aromatic heterocycles. The molecule has 0 N–H and O–H groups in total. The van der Waals surface area contributed by atoms with Crippen LogP contribution in [0.15, 0.2) is 82.8 Å². The molecule has 0 aliphatic rings. The van der Waals surface area contributed by atoms with Crippen molar-refractivity contribution in [1.29, 1.82) is 0 Å². The molecule has 0 bridgehead atoms. The summed E-state index contributed by atoms with van der Waals surface area (Å²) in [6.45, 7) is 4.53. The fourth-order valence-electron chi connectivity index (χ4n) is 3.70. The van der Waals surface area contributed by atoms with Gasteiger partial charge >= 0.3 is 0 Å². The van der Waals surface area contributed by atoms with E-state index in [1.54, 1.807) is 0 Å². The zero-order chi connectivity index (χ0) is 22.7. The molecule has 0 unspecified atom stereocenters. The second-order valence-electron chi connectivity index (χ2n) is 8.50. The molecule has 0 heterocycles. The summed E-state index contributed by atoms with van der Waals surface area (Å²) < 4.78 is 0. The van der Waals surface area contributed by atoms with Crippen LogP contribution in [0.2, 0.25) is 0 Å². The number of unbranched alkanes of at least 4 members (excludes halogenated alkanes) is 9. The van der Waals surface area contributed by atoms with E-state index in [0.29, 0.717) is 0 Å². The summed E-state index contributed by atoms with van der Waals surface area (Å²) in [6.07, 6.45) is 19.4. The molecule has 0 amide bonds. The summed E-state index contributed by atoms with van der Waals surface area (Å²) in [5, 5.41) is 0. The van der Waals surface area contributed by atoms with E-state index in [0.717, 1.165) is 42.1 Å². The molecule has 0 atom stereocenters. The third kappa shape index (κ3) is 13.3. The van der Waals surface area contributed by atoms with E-state index >= 15 is 0 Å². The van der Waals surface area contributed by atoms with Crippen LogP contribution in [0.5, 0.6) is 0 Å². The largest absolute Gasteiger partial charge is 0.251 e. The molecule has 33 heavy (non-hydrogen) atoms. The van der Waals surface area contributed by atoms with E-state index in [9.17, 15) is 0 Å². The van der Waals surface area contributed by atoms with Crippen molar-refractivity contribution in [3.05, 3.63) is 72.8 Å². The van der Waals surface area contributed by atoms with Crippen molar-refractivity contribution >= 4 is 22.8 Å². The summed E-state index contributed by atoms with van der Waals surface area (Å²) in [5.41, 5.74) is 4.09. The Morgan fingerprint density at radius 1 is 0.636 bits per heavy atom. The third-order valence-electron chi connectivity index (χ3n) is 5.59. The normalized spacial score (nSPS) is 12.2. The summed E-state index contributed by atoms with van der Waals surface area (Å²) in [5.74, 6) is 0. The van der Waals surface area contributed by atoms with E-state index in [1.165, 1.54) is 57.8 Å². The molecule has 0 fully saturated rings. The Kier molecular flexibility index (Phi) is 17.1. The molecular formula is C30H42N2Ni. The minimum absolute atomic E-state index is 0. The number of para-hydroxylation sites is 2. The van der Waals surface area contributed by atoms with Crippen molar-refractivity contribution in [2.24, 2.45) is 9.98 Å². The van der Waals surface area contributed by atoms with Gasteiger partial charge in [0.2, 0.25) is 0 Å². The molecule has 0 radical (unpaired) electrons. The number of aliphatic imine (C=N–C) groups is 2. The summed E-state index contributed by atoms with van der Waals surface area (Å²) >= 11 is 0. The number of hydrogen-bond acceptors (Lipinski definition) is 2. The van der Waals surface area contributed by atoms with Crippen LogP contribution >= 0.6 is 0 Å². The fraction of sp³-hybridized carbons (Fsp3) is 0.467. The predicted molar refractivity (Wildman–Crippen MR) is 143 cm³/mol. The average Bonchev–Trinajstić information content (AvgIpc) is 2.83. The van der Waals surface area contributed by atoms with Crippen molar-refractivity contribution < 1.29 is 16.5 Å². The molecule has 182 valence electrons. The zero-order valence-electron chi connectivity index (χ0n) is 20.6. The van der Waals surface area contributed by atoms with Gasteiger partial charge in [0.05, 0.1) is 22.8 Å². The van der Waals surface area contributed by atoms with E-state index in [1.807, 2.05) is 24.3 Å². The van der Waals surface area contributed by atoms with Crippen LogP contribution in [-0.4, -0.2) is 11.4 Å². The summed E-state index contributed by atoms with van der Waals surface area (Å²) in [7, 11) is 0. The van der Waals surface area contributed by atoms with Crippen molar-refractivity contribution in [3.8, 4) is 0 Å². The minimum atomic E-state index is 0. The van der Waals surface area contributed by atoms with Crippen LogP contribution in [0.1, 0.15) is 90.9 Å². The minimum Gasteiger partial charge on any atom is -0.251 e. The van der Waals surface area contributed by atoms with Gasteiger partial charge in [-0.3, -0.25) is 4.99 Å². The van der Waals surface area contributed by atoms with Gasteiger partial charge in [0.25, 0.3) is 0 Å². The number of rotatable bonds is 16. The maximum atomic E-state index is 5.05. The van der Waals surface area contributed by atoms with Crippen LogP contribution in [0.25, 0.3) is 0 Å². The Balaban J connectivity index is 0.00000544. The van der Waals surface area contributed by atoms with Gasteiger partial charge in [0, 0.05) is 16.5 Å². The molecule has 2 nitrogen and oxygen atoms in total. The zero-order valence-corrected chi connectivity index (χ0v) is 21.6. The SMILES string of the molecule is CCCCCC/C=C/C(=N\c1ccccc1)C(/CCCCCCCC)=N/c1ccccc1.[Ni]. The first-order chi connectivity index (χ1) is 15.8. The monoisotopic (exact) mass is 488 g/mol. The van der Waals surface area contributed by atoms with Gasteiger partial charge < -0.3 is 0 Å². The second kappa shape index (κ2) is 19.5. The number of hydrogen-bond donors (Lipinski definition) is 0. The van der Waals surface area contributed by atoms with Crippen LogP contribution in [0, 0.1) is 0 Å². The van der Waals surface area contributed by atoms with Crippen LogP contribution in [0.3, 0.4) is 0 Å². The van der Waals surface area contributed by atoms with Crippen LogP contribution in [0.4, 0.5) is 11.4 Å². The standard InChI is InChI=1S/C30H42N2.Ni/c1-3-5-7-9-11-19-25-29(31-27-21-15-13-16-22-27)30(26-20-12-10-8-6-4-2)32-28-23-17-14-18-24-28;/h13-19,21-25H,3-12,20,26H2,1-2H3;/b25-19+,31-29+,32-30+;. The average molecular weight is 489 g/mol. The molecule has 2 aromatic rings. The van der Waals surface area contributed by atoms with Gasteiger partial charge in [-0.25, -0.2) is 4.99 Å². The first-order valence-electron chi connectivity index (χ1n) is 12.8. The predicted octanol–water partition coefficient (Wildman–Crippen LogP) is 9.81. The van der Waals surface area contributed by atoms with Crippen molar-refractivity contribution in [3.63, 3.8) is 0 Å². The smallest absolute Gasteiger partial charge is 0.0848 e. The Morgan fingerprint density at radius 3 is 1.76 bits per heavy atom. The number of allylic oxidation sites excluding steroid dienone is 2. The molecule has 2 aromatic carbocycles. The van der Waals surface area contributed by atoms with E-state index in [-0.39, 0.29) is 16.5 Å². The second-order valence-corrected chi connectivity index (χ2v) is 8.50. The Morgan fingerprint density at radius 2 is 1.15 bits per heavy atom. The first kappa shape index (κ1) is 29.0. The molecule has 0 spiro atoms. The Labute approximate surface area is 212 Å². The van der Waals surface area contributed by atoms with Crippen molar-refractivity contribution in [2.45, 2.75) is 90.9 Å². The molecule has 0 saturated heterocycles. The van der Waals surface area contributed by atoms with Gasteiger partial charge in [-0.05, 0) is 56.0 Å². The third-order valence-corrected chi connectivity index (χ3v) is 5.59. The van der Waals surface area contributed by atoms with Crippen LogP contribution < -0.4 is 0 Å². The van der Waals surface area contributed by atoms with Gasteiger partial charge in [-0.1, -0.05) is 108 Å². The maximum Gasteiger partial charge on any atom is 0.0848 e. The van der Waals surface area contributed by atoms with Gasteiger partial charge in [0.1, 0.15) is 0 Å². The van der Waals surface area contributed by atoms with E-state index in [2.05, 4.69) is 62.4 Å². The topological polar surface area (TPSA) is 24.7 Å². The fourth-order valence-corrected chi connectivity index (χ4v) is 3.70. The van der Waals surface area contributed by atoms with Crippen molar-refractivity contribution in [2.75, 3.05) is 0 Å². The molecule has 3 heteroatoms. The molecule has 0 aliphatic heterocycles. The molecule has 0 saturated carbocycles. The van der Waals surface area contributed by atoms with Gasteiger partial charge in [0.15, 0.2) is 0 Å². The molecule has 2 rings (SSSR count). The Bertz CT molecular complexity index is 810. The number of benzene rings is 2. The maximum absolute atomic E-state index is 5.05. The van der Waals surface area contributed by atoms with E-state index < -0.39 is 0 Å². The van der Waals surface area contributed by atoms with Crippen molar-refractivity contribution in [1.82, 2.24) is 0 Å². The molecule has 0 aliphatic carbocycles. The number of nitrogens with zero attached hydrogens (tertiary/aromatic N) is 2. The Hall–Kier alpha value is -1.99. The summed E-state index contributed by atoms with van der Waals surface area (Å²) in [4.78, 5) is 10.1. The molecular weight excluding hydrogens is 447 g/mol. The van der Waals surface area contributed by atoms with E-state index in [4.69, 9.17) is 9.98 Å². The van der Waals surface area contributed by atoms with Gasteiger partial charge in [-0.2, -0.15) is 0 Å². The first-order valence-corrected chi connectivity index (χ1v) is 12.8. The quantitative estimate of drug-likeness (QED) is 0.127.